The first-order valence-electron chi connectivity index (χ1n) is 4.33. The SMILES string of the molecule is Cc1nc(C(N)C(C)(C)O)c(C)[nH]1. The minimum absolute atomic E-state index is 0.447. The molecule has 0 radical (unpaired) electrons. The molecule has 0 aromatic carbocycles. The molecule has 1 atom stereocenters. The fourth-order valence-electron chi connectivity index (χ4n) is 1.27. The van der Waals surface area contributed by atoms with Gasteiger partial charge in [-0.2, -0.15) is 0 Å². The molecular weight excluding hydrogens is 166 g/mol. The van der Waals surface area contributed by atoms with Gasteiger partial charge >= 0.3 is 0 Å². The normalized spacial score (nSPS) is 14.6. The second-order valence-corrected chi connectivity index (χ2v) is 3.96. The monoisotopic (exact) mass is 183 g/mol. The Bertz CT molecular complexity index is 298. The Morgan fingerprint density at radius 1 is 1.46 bits per heavy atom. The predicted molar refractivity (Wildman–Crippen MR) is 51.3 cm³/mol. The van der Waals surface area contributed by atoms with Crippen molar-refractivity contribution in [3.8, 4) is 0 Å². The van der Waals surface area contributed by atoms with Crippen molar-refractivity contribution in [1.82, 2.24) is 9.97 Å². The van der Waals surface area contributed by atoms with E-state index in [-0.39, 0.29) is 0 Å². The molecule has 1 heterocycles. The number of nitrogens with one attached hydrogen (secondary N) is 1. The summed E-state index contributed by atoms with van der Waals surface area (Å²) < 4.78 is 0. The van der Waals surface area contributed by atoms with Crippen molar-refractivity contribution in [2.24, 2.45) is 5.73 Å². The van der Waals surface area contributed by atoms with E-state index in [1.807, 2.05) is 13.8 Å². The van der Waals surface area contributed by atoms with Crippen LogP contribution in [0.4, 0.5) is 0 Å². The van der Waals surface area contributed by atoms with Crippen LogP contribution in [0.15, 0.2) is 0 Å². The second-order valence-electron chi connectivity index (χ2n) is 3.96. The molecule has 0 aliphatic carbocycles. The van der Waals surface area contributed by atoms with E-state index in [9.17, 15) is 5.11 Å². The Hall–Kier alpha value is -0.870. The number of hydrogen-bond acceptors (Lipinski definition) is 3. The van der Waals surface area contributed by atoms with Gasteiger partial charge < -0.3 is 15.8 Å². The zero-order valence-electron chi connectivity index (χ0n) is 8.55. The van der Waals surface area contributed by atoms with E-state index in [2.05, 4.69) is 9.97 Å². The minimum Gasteiger partial charge on any atom is -0.388 e. The molecule has 13 heavy (non-hydrogen) atoms. The van der Waals surface area contributed by atoms with Crippen LogP contribution in [-0.4, -0.2) is 20.7 Å². The maximum Gasteiger partial charge on any atom is 0.103 e. The maximum absolute atomic E-state index is 9.69. The number of aryl methyl sites for hydroxylation is 2. The van der Waals surface area contributed by atoms with E-state index < -0.39 is 11.6 Å². The number of rotatable bonds is 2. The van der Waals surface area contributed by atoms with Gasteiger partial charge in [0.15, 0.2) is 0 Å². The number of nitrogens with two attached hydrogens (primary N) is 1. The summed E-state index contributed by atoms with van der Waals surface area (Å²) in [6.07, 6.45) is 0. The lowest BCUT2D eigenvalue weighted by molar-refractivity contribution is 0.0502. The summed E-state index contributed by atoms with van der Waals surface area (Å²) in [7, 11) is 0. The van der Waals surface area contributed by atoms with Crippen molar-refractivity contribution >= 4 is 0 Å². The first-order valence-corrected chi connectivity index (χ1v) is 4.33. The molecular formula is C9H17N3O. The third-order valence-electron chi connectivity index (χ3n) is 2.10. The number of imidazole rings is 1. The molecule has 4 heteroatoms. The zero-order valence-corrected chi connectivity index (χ0v) is 8.55. The quantitative estimate of drug-likeness (QED) is 0.634. The van der Waals surface area contributed by atoms with E-state index in [0.717, 1.165) is 17.2 Å². The van der Waals surface area contributed by atoms with Gasteiger partial charge in [-0.1, -0.05) is 0 Å². The van der Waals surface area contributed by atoms with Gasteiger partial charge in [-0.25, -0.2) is 4.98 Å². The summed E-state index contributed by atoms with van der Waals surface area (Å²) in [5.41, 5.74) is 6.58. The molecule has 1 aromatic rings. The van der Waals surface area contributed by atoms with Crippen LogP contribution in [0.2, 0.25) is 0 Å². The molecule has 1 unspecified atom stereocenters. The van der Waals surface area contributed by atoms with Crippen LogP contribution in [0.3, 0.4) is 0 Å². The number of nitrogens with zero attached hydrogens (tertiary/aromatic N) is 1. The van der Waals surface area contributed by atoms with E-state index in [4.69, 9.17) is 5.73 Å². The van der Waals surface area contributed by atoms with E-state index in [1.54, 1.807) is 13.8 Å². The van der Waals surface area contributed by atoms with Gasteiger partial charge in [0, 0.05) is 5.69 Å². The van der Waals surface area contributed by atoms with Gasteiger partial charge in [0.05, 0.1) is 17.3 Å². The standard InChI is InChI=1S/C9H17N3O/c1-5-7(12-6(2)11-5)8(10)9(3,4)13/h8,13H,10H2,1-4H3,(H,11,12). The van der Waals surface area contributed by atoms with Gasteiger partial charge in [-0.05, 0) is 27.7 Å². The van der Waals surface area contributed by atoms with Crippen LogP contribution < -0.4 is 5.73 Å². The van der Waals surface area contributed by atoms with Crippen molar-refractivity contribution in [3.63, 3.8) is 0 Å². The van der Waals surface area contributed by atoms with Gasteiger partial charge in [0.25, 0.3) is 0 Å². The minimum atomic E-state index is -0.938. The summed E-state index contributed by atoms with van der Waals surface area (Å²) in [5.74, 6) is 0.826. The van der Waals surface area contributed by atoms with Crippen molar-refractivity contribution in [2.45, 2.75) is 39.3 Å². The van der Waals surface area contributed by atoms with Crippen LogP contribution in [0, 0.1) is 13.8 Å². The fraction of sp³-hybridized carbons (Fsp3) is 0.667. The largest absolute Gasteiger partial charge is 0.388 e. The lowest BCUT2D eigenvalue weighted by atomic mass is 9.96. The molecule has 0 saturated heterocycles. The molecule has 0 fully saturated rings. The van der Waals surface area contributed by atoms with Crippen LogP contribution >= 0.6 is 0 Å². The van der Waals surface area contributed by atoms with Gasteiger partial charge in [0.1, 0.15) is 5.82 Å². The molecule has 74 valence electrons. The molecule has 0 aliphatic heterocycles. The average molecular weight is 183 g/mol. The van der Waals surface area contributed by atoms with Crippen LogP contribution in [-0.2, 0) is 0 Å². The number of aromatic nitrogens is 2. The molecule has 1 aromatic heterocycles. The summed E-state index contributed by atoms with van der Waals surface area (Å²) in [5, 5.41) is 9.69. The van der Waals surface area contributed by atoms with Crippen molar-refractivity contribution < 1.29 is 5.11 Å². The molecule has 1 rings (SSSR count). The molecule has 0 saturated carbocycles. The third-order valence-corrected chi connectivity index (χ3v) is 2.10. The predicted octanol–water partition coefficient (Wildman–Crippen LogP) is 0.797. The maximum atomic E-state index is 9.69. The third kappa shape index (κ3) is 2.08. The Morgan fingerprint density at radius 3 is 2.31 bits per heavy atom. The Kier molecular flexibility index (Phi) is 2.45. The highest BCUT2D eigenvalue weighted by Gasteiger charge is 2.27. The Labute approximate surface area is 78.2 Å². The van der Waals surface area contributed by atoms with Gasteiger partial charge in [-0.15, -0.1) is 0 Å². The number of H-pyrrole nitrogens is 1. The highest BCUT2D eigenvalue weighted by atomic mass is 16.3. The first-order chi connectivity index (χ1) is 5.82. The van der Waals surface area contributed by atoms with Gasteiger partial charge in [-0.3, -0.25) is 0 Å². The van der Waals surface area contributed by atoms with E-state index >= 15 is 0 Å². The topological polar surface area (TPSA) is 74.9 Å². The summed E-state index contributed by atoms with van der Waals surface area (Å²) >= 11 is 0. The van der Waals surface area contributed by atoms with Crippen molar-refractivity contribution in [1.29, 1.82) is 0 Å². The Balaban J connectivity index is 3.01. The van der Waals surface area contributed by atoms with Crippen LogP contribution in [0.1, 0.15) is 37.1 Å². The van der Waals surface area contributed by atoms with E-state index in [0.29, 0.717) is 0 Å². The first kappa shape index (κ1) is 10.2. The smallest absolute Gasteiger partial charge is 0.103 e. The van der Waals surface area contributed by atoms with Crippen molar-refractivity contribution in [3.05, 3.63) is 17.2 Å². The summed E-state index contributed by atoms with van der Waals surface area (Å²) in [6, 6.07) is -0.447. The average Bonchev–Trinajstić information content (AvgIpc) is 2.26. The fourth-order valence-corrected chi connectivity index (χ4v) is 1.27. The molecule has 4 N–H and O–H groups in total. The number of aromatic amines is 1. The highest BCUT2D eigenvalue weighted by Crippen LogP contribution is 2.23. The number of hydrogen-bond donors (Lipinski definition) is 3. The molecule has 0 bridgehead atoms. The molecule has 0 amide bonds. The number of aliphatic hydroxyl groups is 1. The van der Waals surface area contributed by atoms with Crippen LogP contribution in [0.25, 0.3) is 0 Å². The summed E-state index contributed by atoms with van der Waals surface area (Å²) in [4.78, 5) is 7.29. The molecule has 0 aliphatic rings. The molecule has 4 nitrogen and oxygen atoms in total. The molecule has 0 spiro atoms. The van der Waals surface area contributed by atoms with Crippen molar-refractivity contribution in [2.75, 3.05) is 0 Å². The van der Waals surface area contributed by atoms with E-state index in [1.165, 1.54) is 0 Å². The van der Waals surface area contributed by atoms with Gasteiger partial charge in [0.2, 0.25) is 0 Å². The second kappa shape index (κ2) is 3.12. The Morgan fingerprint density at radius 2 is 2.00 bits per heavy atom. The zero-order chi connectivity index (χ0) is 10.2. The lowest BCUT2D eigenvalue weighted by Crippen LogP contribution is -2.35. The van der Waals surface area contributed by atoms with Crippen LogP contribution in [0.5, 0.6) is 0 Å². The summed E-state index contributed by atoms with van der Waals surface area (Å²) in [6.45, 7) is 7.14. The lowest BCUT2D eigenvalue weighted by Gasteiger charge is -2.24. The highest BCUT2D eigenvalue weighted by molar-refractivity contribution is 5.18.